The molecule has 0 spiro atoms. The molecule has 0 bridgehead atoms. The fraction of sp³-hybridized carbons (Fsp3) is 0.286. The van der Waals surface area contributed by atoms with Crippen LogP contribution >= 0.6 is 0 Å². The Bertz CT molecular complexity index is 783. The van der Waals surface area contributed by atoms with Gasteiger partial charge in [-0.3, -0.25) is 9.20 Å². The Morgan fingerprint density at radius 1 is 1.32 bits per heavy atom. The lowest BCUT2D eigenvalue weighted by atomic mass is 10.2. The van der Waals surface area contributed by atoms with Gasteiger partial charge in [-0.2, -0.15) is 0 Å². The Balaban J connectivity index is 2.29. The van der Waals surface area contributed by atoms with E-state index in [1.807, 2.05) is 42.8 Å². The number of para-hydroxylation sites is 2. The maximum absolute atomic E-state index is 10.8. The predicted molar refractivity (Wildman–Crippen MR) is 72.4 cm³/mol. The molecule has 3 rings (SSSR count). The van der Waals surface area contributed by atoms with E-state index in [1.165, 1.54) is 0 Å². The summed E-state index contributed by atoms with van der Waals surface area (Å²) in [4.78, 5) is 15.3. The molecule has 2 heterocycles. The first-order valence-corrected chi connectivity index (χ1v) is 6.22. The number of aliphatic carboxylic acids is 1. The van der Waals surface area contributed by atoms with E-state index < -0.39 is 5.97 Å². The van der Waals surface area contributed by atoms with Crippen LogP contribution in [0.25, 0.3) is 16.8 Å². The van der Waals surface area contributed by atoms with Gasteiger partial charge in [0.25, 0.3) is 0 Å². The van der Waals surface area contributed by atoms with Crippen molar-refractivity contribution in [2.45, 2.75) is 19.8 Å². The van der Waals surface area contributed by atoms with Crippen molar-refractivity contribution >= 4 is 22.8 Å². The molecule has 98 valence electrons. The summed E-state index contributed by atoms with van der Waals surface area (Å²) in [5.74, 6) is 0.0775. The van der Waals surface area contributed by atoms with Crippen LogP contribution in [0.1, 0.15) is 17.8 Å². The van der Waals surface area contributed by atoms with Crippen LogP contribution in [0.15, 0.2) is 24.3 Å². The number of carboxylic acid groups (broad SMARTS) is 1. The molecule has 0 aliphatic rings. The van der Waals surface area contributed by atoms with E-state index in [1.54, 1.807) is 0 Å². The fourth-order valence-corrected chi connectivity index (χ4v) is 2.59. The van der Waals surface area contributed by atoms with Crippen molar-refractivity contribution in [3.63, 3.8) is 0 Å². The summed E-state index contributed by atoms with van der Waals surface area (Å²) in [5, 5.41) is 8.86. The molecule has 0 atom stereocenters. The summed E-state index contributed by atoms with van der Waals surface area (Å²) < 4.78 is 4.10. The summed E-state index contributed by atoms with van der Waals surface area (Å²) in [5.41, 5.74) is 4.05. The smallest absolute Gasteiger partial charge is 0.303 e. The van der Waals surface area contributed by atoms with Gasteiger partial charge in [0.05, 0.1) is 23.1 Å². The number of rotatable bonds is 3. The minimum Gasteiger partial charge on any atom is -0.481 e. The van der Waals surface area contributed by atoms with Gasteiger partial charge in [0.2, 0.25) is 5.78 Å². The maximum atomic E-state index is 10.8. The van der Waals surface area contributed by atoms with Crippen molar-refractivity contribution in [3.8, 4) is 0 Å². The zero-order valence-electron chi connectivity index (χ0n) is 10.9. The third-order valence-corrected chi connectivity index (χ3v) is 3.51. The van der Waals surface area contributed by atoms with E-state index in [0.29, 0.717) is 6.42 Å². The number of benzene rings is 1. The van der Waals surface area contributed by atoms with Gasteiger partial charge < -0.3 is 9.67 Å². The van der Waals surface area contributed by atoms with Gasteiger partial charge >= 0.3 is 5.97 Å². The first-order chi connectivity index (χ1) is 9.09. The first kappa shape index (κ1) is 11.8. The number of hydrogen-bond acceptors (Lipinski definition) is 2. The Kier molecular flexibility index (Phi) is 2.55. The second-order valence-electron chi connectivity index (χ2n) is 4.72. The zero-order chi connectivity index (χ0) is 13.6. The Morgan fingerprint density at radius 2 is 2.00 bits per heavy atom. The molecular weight excluding hydrogens is 242 g/mol. The highest BCUT2D eigenvalue weighted by Crippen LogP contribution is 2.23. The molecule has 0 aliphatic carbocycles. The molecule has 0 radical (unpaired) electrons. The van der Waals surface area contributed by atoms with Gasteiger partial charge in [-0.15, -0.1) is 0 Å². The molecule has 0 amide bonds. The van der Waals surface area contributed by atoms with Crippen molar-refractivity contribution in [1.29, 1.82) is 0 Å². The summed E-state index contributed by atoms with van der Waals surface area (Å²) in [6.45, 7) is 1.93. The van der Waals surface area contributed by atoms with Crippen LogP contribution in [-0.4, -0.2) is 25.0 Å². The number of imidazole rings is 2. The van der Waals surface area contributed by atoms with E-state index in [0.717, 1.165) is 28.2 Å². The molecule has 0 saturated carbocycles. The zero-order valence-corrected chi connectivity index (χ0v) is 10.9. The number of hydrogen-bond donors (Lipinski definition) is 1. The van der Waals surface area contributed by atoms with Gasteiger partial charge in [0, 0.05) is 19.2 Å². The summed E-state index contributed by atoms with van der Waals surface area (Å²) in [6, 6.07) is 8.05. The number of aryl methyl sites for hydroxylation is 3. The molecule has 1 N–H and O–H groups in total. The Morgan fingerprint density at radius 3 is 2.68 bits per heavy atom. The van der Waals surface area contributed by atoms with Gasteiger partial charge in [0.1, 0.15) is 0 Å². The molecule has 2 aromatic heterocycles. The maximum Gasteiger partial charge on any atom is 0.303 e. The molecule has 0 unspecified atom stereocenters. The van der Waals surface area contributed by atoms with Crippen LogP contribution in [0.2, 0.25) is 0 Å². The van der Waals surface area contributed by atoms with E-state index in [4.69, 9.17) is 5.11 Å². The standard InChI is InChI=1S/C14H15N3O2/c1-9-10(7-8-13(18)19)17-12-6-4-3-5-11(12)16(2)14(17)15-9/h3-6H,7-8H2,1-2H3,(H,18,19). The highest BCUT2D eigenvalue weighted by atomic mass is 16.4. The van der Waals surface area contributed by atoms with Crippen LogP contribution in [-0.2, 0) is 18.3 Å². The lowest BCUT2D eigenvalue weighted by Crippen LogP contribution is -2.01. The molecule has 19 heavy (non-hydrogen) atoms. The van der Waals surface area contributed by atoms with Crippen molar-refractivity contribution < 1.29 is 9.90 Å². The highest BCUT2D eigenvalue weighted by molar-refractivity contribution is 5.81. The number of fused-ring (bicyclic) bond motifs is 3. The average molecular weight is 257 g/mol. The Hall–Kier alpha value is -2.30. The first-order valence-electron chi connectivity index (χ1n) is 6.22. The highest BCUT2D eigenvalue weighted by Gasteiger charge is 2.16. The molecule has 0 saturated heterocycles. The van der Waals surface area contributed by atoms with Gasteiger partial charge in [-0.25, -0.2) is 4.98 Å². The van der Waals surface area contributed by atoms with Crippen LogP contribution in [0, 0.1) is 6.92 Å². The molecule has 5 nitrogen and oxygen atoms in total. The van der Waals surface area contributed by atoms with Crippen molar-refractivity contribution in [2.24, 2.45) is 7.05 Å². The normalized spacial score (nSPS) is 11.5. The minimum atomic E-state index is -0.783. The van der Waals surface area contributed by atoms with E-state index in [-0.39, 0.29) is 6.42 Å². The van der Waals surface area contributed by atoms with Gasteiger partial charge in [0.15, 0.2) is 0 Å². The quantitative estimate of drug-likeness (QED) is 0.782. The minimum absolute atomic E-state index is 0.123. The molecule has 5 heteroatoms. The van der Waals surface area contributed by atoms with Gasteiger partial charge in [-0.1, -0.05) is 12.1 Å². The van der Waals surface area contributed by atoms with Crippen LogP contribution in [0.4, 0.5) is 0 Å². The molecule has 0 aliphatic heterocycles. The number of carboxylic acids is 1. The largest absolute Gasteiger partial charge is 0.481 e. The number of nitrogens with zero attached hydrogens (tertiary/aromatic N) is 3. The third kappa shape index (κ3) is 1.69. The van der Waals surface area contributed by atoms with E-state index in [9.17, 15) is 4.79 Å². The average Bonchev–Trinajstić information content (AvgIpc) is 2.84. The van der Waals surface area contributed by atoms with Crippen molar-refractivity contribution in [1.82, 2.24) is 14.0 Å². The lowest BCUT2D eigenvalue weighted by molar-refractivity contribution is -0.136. The summed E-state index contributed by atoms with van der Waals surface area (Å²) in [7, 11) is 1.98. The van der Waals surface area contributed by atoms with Crippen molar-refractivity contribution in [2.75, 3.05) is 0 Å². The summed E-state index contributed by atoms with van der Waals surface area (Å²) in [6.07, 6.45) is 0.619. The van der Waals surface area contributed by atoms with Crippen LogP contribution < -0.4 is 0 Å². The monoisotopic (exact) mass is 257 g/mol. The molecular formula is C14H15N3O2. The predicted octanol–water partition coefficient (Wildman–Crippen LogP) is 2.15. The lowest BCUT2D eigenvalue weighted by Gasteiger charge is -2.00. The second-order valence-corrected chi connectivity index (χ2v) is 4.72. The molecule has 0 fully saturated rings. The third-order valence-electron chi connectivity index (χ3n) is 3.51. The number of carbonyl (C=O) groups is 1. The molecule has 3 aromatic rings. The van der Waals surface area contributed by atoms with E-state index >= 15 is 0 Å². The molecule has 1 aromatic carbocycles. The van der Waals surface area contributed by atoms with Crippen molar-refractivity contribution in [3.05, 3.63) is 35.7 Å². The SMILES string of the molecule is Cc1nc2n(C)c3ccccc3n2c1CCC(=O)O. The summed E-state index contributed by atoms with van der Waals surface area (Å²) >= 11 is 0. The second kappa shape index (κ2) is 4.12. The number of aromatic nitrogens is 3. The van der Waals surface area contributed by atoms with Crippen LogP contribution in [0.3, 0.4) is 0 Å². The van der Waals surface area contributed by atoms with Gasteiger partial charge in [-0.05, 0) is 19.1 Å². The Labute approximate surface area is 110 Å². The topological polar surface area (TPSA) is 59.5 Å². The fourth-order valence-electron chi connectivity index (χ4n) is 2.59. The van der Waals surface area contributed by atoms with E-state index in [2.05, 4.69) is 9.38 Å². The van der Waals surface area contributed by atoms with Crippen LogP contribution in [0.5, 0.6) is 0 Å².